The van der Waals surface area contributed by atoms with Crippen molar-refractivity contribution in [2.75, 3.05) is 10.8 Å². The van der Waals surface area contributed by atoms with Gasteiger partial charge < -0.3 is 15.3 Å². The number of hydroxylamine groups is 1. The summed E-state index contributed by atoms with van der Waals surface area (Å²) in [6.45, 7) is 11.7. The summed E-state index contributed by atoms with van der Waals surface area (Å²) in [4.78, 5) is 42.8. The van der Waals surface area contributed by atoms with E-state index in [1.54, 1.807) is 53.7 Å². The first-order valence-corrected chi connectivity index (χ1v) is 8.63. The number of carbonyl (C=O) groups is 3. The fraction of sp³-hybridized carbons (Fsp3) is 0.450. The molecule has 7 heteroatoms. The number of hydrogen-bond donors (Lipinski definition) is 1. The lowest BCUT2D eigenvalue weighted by Crippen LogP contribution is -2.35. The third-order valence-corrected chi connectivity index (χ3v) is 3.91. The average Bonchev–Trinajstić information content (AvgIpc) is 2.77. The van der Waals surface area contributed by atoms with Gasteiger partial charge in [-0.3, -0.25) is 9.59 Å². The zero-order valence-electron chi connectivity index (χ0n) is 16.8. The lowest BCUT2D eigenvalue weighted by Gasteiger charge is -2.22. The van der Waals surface area contributed by atoms with Gasteiger partial charge in [0.05, 0.1) is 22.1 Å². The molecule has 1 heterocycles. The molecule has 1 aliphatic heterocycles. The molecule has 0 atom stereocenters. The largest absolute Gasteiger partial charge is 0.430 e. The Balaban J connectivity index is 2.50. The predicted molar refractivity (Wildman–Crippen MR) is 102 cm³/mol. The minimum absolute atomic E-state index is 0.139. The van der Waals surface area contributed by atoms with Crippen LogP contribution in [0.25, 0.3) is 5.57 Å². The molecular formula is C20H26N2O5. The van der Waals surface area contributed by atoms with Crippen molar-refractivity contribution in [3.05, 3.63) is 29.5 Å². The molecule has 0 saturated carbocycles. The van der Waals surface area contributed by atoms with Gasteiger partial charge in [0.15, 0.2) is 0 Å². The Morgan fingerprint density at radius 3 is 2.07 bits per heavy atom. The van der Waals surface area contributed by atoms with Crippen molar-refractivity contribution < 1.29 is 24.0 Å². The van der Waals surface area contributed by atoms with Crippen LogP contribution in [0.4, 0.5) is 11.4 Å². The smallest absolute Gasteiger partial charge is 0.338 e. The summed E-state index contributed by atoms with van der Waals surface area (Å²) >= 11 is 0. The molecule has 1 amide bonds. The van der Waals surface area contributed by atoms with E-state index in [4.69, 9.17) is 15.3 Å². The lowest BCUT2D eigenvalue weighted by molar-refractivity contribution is -0.157. The first-order valence-electron chi connectivity index (χ1n) is 8.63. The van der Waals surface area contributed by atoms with Crippen LogP contribution in [0.15, 0.2) is 24.0 Å². The van der Waals surface area contributed by atoms with Crippen molar-refractivity contribution in [1.29, 1.82) is 0 Å². The van der Waals surface area contributed by atoms with E-state index in [9.17, 15) is 14.4 Å². The second-order valence-electron chi connectivity index (χ2n) is 8.58. The van der Waals surface area contributed by atoms with Gasteiger partial charge in [0.1, 0.15) is 5.76 Å². The van der Waals surface area contributed by atoms with E-state index in [0.29, 0.717) is 16.9 Å². The summed E-state index contributed by atoms with van der Waals surface area (Å²) in [7, 11) is 0. The minimum atomic E-state index is -0.805. The fourth-order valence-electron chi connectivity index (χ4n) is 2.25. The molecule has 0 aliphatic carbocycles. The molecule has 27 heavy (non-hydrogen) atoms. The summed E-state index contributed by atoms with van der Waals surface area (Å²) in [5.74, 6) is -1.50. The number of benzene rings is 1. The highest BCUT2D eigenvalue weighted by Gasteiger charge is 2.40. The van der Waals surface area contributed by atoms with Crippen LogP contribution in [0.1, 0.15) is 54.0 Å². The molecule has 146 valence electrons. The monoisotopic (exact) mass is 374 g/mol. The molecule has 0 fully saturated rings. The maximum absolute atomic E-state index is 13.0. The Morgan fingerprint density at radius 2 is 1.56 bits per heavy atom. The molecular weight excluding hydrogens is 348 g/mol. The van der Waals surface area contributed by atoms with Crippen LogP contribution >= 0.6 is 0 Å². The Bertz CT molecular complexity index is 841. The summed E-state index contributed by atoms with van der Waals surface area (Å²) in [6, 6.07) is 4.80. The summed E-state index contributed by atoms with van der Waals surface area (Å²) in [5.41, 5.74) is 5.68. The van der Waals surface area contributed by atoms with Gasteiger partial charge in [-0.25, -0.2) is 4.79 Å². The maximum atomic E-state index is 13.0. The number of nitrogens with zero attached hydrogens (tertiary/aromatic N) is 1. The Hall–Kier alpha value is -2.83. The number of anilines is 2. The van der Waals surface area contributed by atoms with E-state index < -0.39 is 28.7 Å². The number of amides is 1. The van der Waals surface area contributed by atoms with E-state index in [1.165, 1.54) is 13.0 Å². The second-order valence-corrected chi connectivity index (χ2v) is 8.58. The molecule has 7 nitrogen and oxygen atoms in total. The summed E-state index contributed by atoms with van der Waals surface area (Å²) in [5, 5.41) is 0.906. The SMILES string of the molecule is C/C(OC(=O)C(C)(C)C)=C1/C(=O)N(OC(=O)C(C)(C)C)c2cc(N)ccc21. The number of esters is 1. The van der Waals surface area contributed by atoms with Gasteiger partial charge in [-0.1, -0.05) is 0 Å². The van der Waals surface area contributed by atoms with E-state index in [0.717, 1.165) is 5.06 Å². The van der Waals surface area contributed by atoms with Gasteiger partial charge >= 0.3 is 11.9 Å². The molecule has 0 spiro atoms. The Morgan fingerprint density at radius 1 is 1.00 bits per heavy atom. The van der Waals surface area contributed by atoms with Crippen LogP contribution in [0.2, 0.25) is 0 Å². The molecule has 0 saturated heterocycles. The number of carbonyl (C=O) groups excluding carboxylic acids is 3. The molecule has 2 N–H and O–H groups in total. The van der Waals surface area contributed by atoms with Crippen molar-refractivity contribution in [3.8, 4) is 0 Å². The normalized spacial score (nSPS) is 16.1. The highest BCUT2D eigenvalue weighted by Crippen LogP contribution is 2.41. The van der Waals surface area contributed by atoms with Crippen molar-refractivity contribution >= 4 is 34.8 Å². The van der Waals surface area contributed by atoms with E-state index in [1.807, 2.05) is 0 Å². The zero-order valence-corrected chi connectivity index (χ0v) is 16.8. The van der Waals surface area contributed by atoms with Crippen LogP contribution in [0.5, 0.6) is 0 Å². The number of nitrogen functional groups attached to an aromatic ring is 1. The van der Waals surface area contributed by atoms with Crippen LogP contribution < -0.4 is 10.8 Å². The first kappa shape index (κ1) is 20.5. The van der Waals surface area contributed by atoms with E-state index in [-0.39, 0.29) is 11.3 Å². The van der Waals surface area contributed by atoms with Crippen LogP contribution in [-0.4, -0.2) is 17.8 Å². The number of fused-ring (bicyclic) bond motifs is 1. The quantitative estimate of drug-likeness (QED) is 0.368. The van der Waals surface area contributed by atoms with E-state index in [2.05, 4.69) is 0 Å². The minimum Gasteiger partial charge on any atom is -0.430 e. The Kier molecular flexibility index (Phi) is 5.10. The van der Waals surface area contributed by atoms with Gasteiger partial charge in [0.25, 0.3) is 5.91 Å². The molecule has 1 aliphatic rings. The standard InChI is InChI=1S/C20H26N2O5/c1-11(26-17(24)19(2,3)4)15-13-9-8-12(21)10-14(13)22(16(15)23)27-18(25)20(5,6)7/h8-10H,21H2,1-7H3/b15-11-. The highest BCUT2D eigenvalue weighted by molar-refractivity contribution is 6.32. The second kappa shape index (κ2) is 6.72. The van der Waals surface area contributed by atoms with Crippen molar-refractivity contribution in [2.24, 2.45) is 10.8 Å². The Labute approximate surface area is 159 Å². The number of nitrogens with two attached hydrogens (primary N) is 1. The first-order chi connectivity index (χ1) is 12.2. The fourth-order valence-corrected chi connectivity index (χ4v) is 2.25. The molecule has 0 aromatic heterocycles. The molecule has 1 aromatic rings. The van der Waals surface area contributed by atoms with Gasteiger partial charge in [-0.05, 0) is 66.7 Å². The van der Waals surface area contributed by atoms with Gasteiger partial charge in [-0.2, -0.15) is 0 Å². The molecule has 2 rings (SSSR count). The van der Waals surface area contributed by atoms with Crippen LogP contribution in [-0.2, 0) is 24.0 Å². The van der Waals surface area contributed by atoms with Crippen molar-refractivity contribution in [3.63, 3.8) is 0 Å². The number of rotatable bonds is 2. The summed E-state index contributed by atoms with van der Waals surface area (Å²) in [6.07, 6.45) is 0. The third kappa shape index (κ3) is 4.13. The van der Waals surface area contributed by atoms with Gasteiger partial charge in [-0.15, -0.1) is 5.06 Å². The third-order valence-electron chi connectivity index (χ3n) is 3.91. The lowest BCUT2D eigenvalue weighted by atomic mass is 9.97. The molecule has 1 aromatic carbocycles. The highest BCUT2D eigenvalue weighted by atomic mass is 16.7. The van der Waals surface area contributed by atoms with Crippen LogP contribution in [0.3, 0.4) is 0 Å². The van der Waals surface area contributed by atoms with Crippen LogP contribution in [0, 0.1) is 10.8 Å². The maximum Gasteiger partial charge on any atom is 0.338 e. The van der Waals surface area contributed by atoms with Gasteiger partial charge in [0, 0.05) is 11.3 Å². The molecule has 0 radical (unpaired) electrons. The van der Waals surface area contributed by atoms with E-state index >= 15 is 0 Å². The summed E-state index contributed by atoms with van der Waals surface area (Å²) < 4.78 is 5.40. The number of hydrogen-bond acceptors (Lipinski definition) is 6. The topological polar surface area (TPSA) is 98.9 Å². The number of allylic oxidation sites excluding steroid dienone is 1. The predicted octanol–water partition coefficient (Wildman–Crippen LogP) is 3.44. The van der Waals surface area contributed by atoms with Crippen molar-refractivity contribution in [2.45, 2.75) is 48.5 Å². The van der Waals surface area contributed by atoms with Gasteiger partial charge in [0.2, 0.25) is 0 Å². The average molecular weight is 374 g/mol. The molecule has 0 unspecified atom stereocenters. The number of ether oxygens (including phenoxy) is 1. The molecule has 0 bridgehead atoms. The zero-order chi connectivity index (χ0) is 20.7. The van der Waals surface area contributed by atoms with Crippen molar-refractivity contribution in [1.82, 2.24) is 0 Å².